The summed E-state index contributed by atoms with van der Waals surface area (Å²) in [6.45, 7) is 7.69. The highest BCUT2D eigenvalue weighted by Gasteiger charge is 2.53. The van der Waals surface area contributed by atoms with Gasteiger partial charge in [0.05, 0.1) is 29.1 Å². The number of nitrogens with one attached hydrogen (secondary N) is 1. The molecule has 1 aromatic carbocycles. The summed E-state index contributed by atoms with van der Waals surface area (Å²) in [5.41, 5.74) is 6.82. The number of hydrogen-bond acceptors (Lipinski definition) is 6. The number of halogens is 2. The Kier molecular flexibility index (Phi) is 6.39. The number of fused-ring (bicyclic) bond motifs is 1. The third-order valence-electron chi connectivity index (χ3n) is 7.21. The lowest BCUT2D eigenvalue weighted by Gasteiger charge is -2.39. The van der Waals surface area contributed by atoms with Gasteiger partial charge in [0.2, 0.25) is 11.8 Å². The molecule has 10 heteroatoms. The molecule has 196 valence electrons. The molecule has 2 amide bonds. The Hall–Kier alpha value is -2.84. The molecule has 1 fully saturated rings. The summed E-state index contributed by atoms with van der Waals surface area (Å²) < 4.78 is 6.11. The molecule has 3 N–H and O–H groups in total. The number of rotatable bonds is 5. The maximum absolute atomic E-state index is 13.6. The average Bonchev–Trinajstić information content (AvgIpc) is 3.57. The predicted molar refractivity (Wildman–Crippen MR) is 142 cm³/mol. The summed E-state index contributed by atoms with van der Waals surface area (Å²) >= 11 is 12.7. The highest BCUT2D eigenvalue weighted by Crippen LogP contribution is 2.52. The van der Waals surface area contributed by atoms with Gasteiger partial charge in [-0.15, -0.1) is 0 Å². The van der Waals surface area contributed by atoms with Crippen LogP contribution in [0.25, 0.3) is 0 Å². The van der Waals surface area contributed by atoms with Crippen molar-refractivity contribution in [1.82, 2.24) is 15.2 Å². The molecule has 0 saturated heterocycles. The fraction of sp³-hybridized carbons (Fsp3) is 0.481. The molecule has 1 aliphatic carbocycles. The van der Waals surface area contributed by atoms with Crippen molar-refractivity contribution < 1.29 is 14.3 Å². The molecule has 4 atom stereocenters. The largest absolute Gasteiger partial charge is 0.486 e. The van der Waals surface area contributed by atoms with Gasteiger partial charge in [-0.1, -0.05) is 29.3 Å². The monoisotopic (exact) mass is 543 g/mol. The third-order valence-corrected chi connectivity index (χ3v) is 7.70. The minimum absolute atomic E-state index is 0.0936. The Morgan fingerprint density at radius 2 is 2.03 bits per heavy atom. The lowest BCUT2D eigenvalue weighted by Crippen LogP contribution is -2.52. The van der Waals surface area contributed by atoms with E-state index in [1.165, 1.54) is 0 Å². The highest BCUT2D eigenvalue weighted by atomic mass is 35.5. The fourth-order valence-electron chi connectivity index (χ4n) is 5.56. The molecule has 3 heterocycles. The second-order valence-electron chi connectivity index (χ2n) is 11.4. The molecule has 3 aliphatic rings. The van der Waals surface area contributed by atoms with Crippen LogP contribution >= 0.6 is 23.2 Å². The quantitative estimate of drug-likeness (QED) is 0.562. The van der Waals surface area contributed by atoms with Crippen molar-refractivity contribution >= 4 is 41.0 Å². The molecule has 1 saturated carbocycles. The number of pyridine rings is 1. The molecule has 0 spiro atoms. The molecule has 2 aliphatic heterocycles. The Balaban J connectivity index is 1.41. The van der Waals surface area contributed by atoms with E-state index in [1.807, 2.05) is 39.8 Å². The first-order chi connectivity index (χ1) is 17.3. The van der Waals surface area contributed by atoms with Gasteiger partial charge in [-0.2, -0.15) is 0 Å². The number of ether oxygens (including phenoxy) is 1. The van der Waals surface area contributed by atoms with Crippen LogP contribution in [-0.2, 0) is 9.59 Å². The molecule has 0 bridgehead atoms. The lowest BCUT2D eigenvalue weighted by molar-refractivity contribution is -0.132. The summed E-state index contributed by atoms with van der Waals surface area (Å²) in [6, 6.07) is 6.41. The van der Waals surface area contributed by atoms with Crippen LogP contribution in [0.5, 0.6) is 5.75 Å². The Bertz CT molecular complexity index is 1280. The third kappa shape index (κ3) is 5.14. The highest BCUT2D eigenvalue weighted by molar-refractivity contribution is 6.35. The zero-order valence-electron chi connectivity index (χ0n) is 21.3. The fourth-order valence-corrected chi connectivity index (χ4v) is 6.11. The van der Waals surface area contributed by atoms with E-state index < -0.39 is 17.2 Å². The molecule has 1 aromatic heterocycles. The van der Waals surface area contributed by atoms with E-state index in [1.54, 1.807) is 29.4 Å². The van der Waals surface area contributed by atoms with E-state index in [0.29, 0.717) is 28.6 Å². The number of nitrogens with two attached hydrogens (primary N) is 1. The number of carbonyl (C=O) groups is 2. The van der Waals surface area contributed by atoms with Gasteiger partial charge in [-0.3, -0.25) is 19.5 Å². The van der Waals surface area contributed by atoms with Crippen molar-refractivity contribution in [2.24, 2.45) is 22.6 Å². The minimum Gasteiger partial charge on any atom is -0.486 e. The van der Waals surface area contributed by atoms with Crippen LogP contribution in [0.3, 0.4) is 0 Å². The SMILES string of the molecule is CC1(C)CC(=O)N([C@H](c2cccnc2)[C@@H]2C[C@H]2C(=O)NC2CC(C)(C)Oc3c(Cl)cc(Cl)cc32)C(N)=N1. The van der Waals surface area contributed by atoms with Crippen LogP contribution in [0.15, 0.2) is 41.7 Å². The first kappa shape index (κ1) is 25.8. The van der Waals surface area contributed by atoms with Gasteiger partial charge in [0.15, 0.2) is 5.96 Å². The van der Waals surface area contributed by atoms with E-state index >= 15 is 0 Å². The van der Waals surface area contributed by atoms with Crippen molar-refractivity contribution in [3.05, 3.63) is 57.8 Å². The topological polar surface area (TPSA) is 110 Å². The first-order valence-electron chi connectivity index (χ1n) is 12.4. The van der Waals surface area contributed by atoms with Gasteiger partial charge in [0.1, 0.15) is 11.4 Å². The number of benzene rings is 1. The molecular formula is C27H31Cl2N5O3. The molecule has 1 unspecified atom stereocenters. The summed E-state index contributed by atoms with van der Waals surface area (Å²) in [6.07, 6.45) is 4.81. The van der Waals surface area contributed by atoms with Crippen molar-refractivity contribution in [2.75, 3.05) is 0 Å². The summed E-state index contributed by atoms with van der Waals surface area (Å²) in [4.78, 5) is 37.2. The Morgan fingerprint density at radius 1 is 1.27 bits per heavy atom. The maximum atomic E-state index is 13.6. The number of aromatic nitrogens is 1. The van der Waals surface area contributed by atoms with Crippen molar-refractivity contribution in [1.29, 1.82) is 0 Å². The van der Waals surface area contributed by atoms with E-state index in [4.69, 9.17) is 33.7 Å². The molecule has 5 rings (SSSR count). The summed E-state index contributed by atoms with van der Waals surface area (Å²) in [5, 5.41) is 4.10. The van der Waals surface area contributed by atoms with Gasteiger partial charge in [-0.05, 0) is 63.8 Å². The summed E-state index contributed by atoms with van der Waals surface area (Å²) in [7, 11) is 0. The van der Waals surface area contributed by atoms with E-state index in [9.17, 15) is 9.59 Å². The van der Waals surface area contributed by atoms with Gasteiger partial charge < -0.3 is 15.8 Å². The Morgan fingerprint density at radius 3 is 2.70 bits per heavy atom. The normalized spacial score (nSPS) is 26.4. The van der Waals surface area contributed by atoms with Gasteiger partial charge in [0.25, 0.3) is 0 Å². The van der Waals surface area contributed by atoms with Crippen LogP contribution in [-0.4, -0.2) is 38.8 Å². The van der Waals surface area contributed by atoms with Crippen LogP contribution < -0.4 is 15.8 Å². The number of guanidine groups is 1. The van der Waals surface area contributed by atoms with E-state index in [0.717, 1.165) is 11.1 Å². The average molecular weight is 544 g/mol. The van der Waals surface area contributed by atoms with E-state index in [2.05, 4.69) is 15.3 Å². The second kappa shape index (κ2) is 9.17. The molecule has 37 heavy (non-hydrogen) atoms. The van der Waals surface area contributed by atoms with Gasteiger partial charge in [0, 0.05) is 35.3 Å². The van der Waals surface area contributed by atoms with Crippen molar-refractivity contribution in [2.45, 2.75) is 70.2 Å². The lowest BCUT2D eigenvalue weighted by atomic mass is 9.89. The number of hydrogen-bond donors (Lipinski definition) is 2. The maximum Gasteiger partial charge on any atom is 0.232 e. The molecule has 8 nitrogen and oxygen atoms in total. The first-order valence-corrected chi connectivity index (χ1v) is 13.2. The molecule has 0 radical (unpaired) electrons. The molecule has 2 aromatic rings. The van der Waals surface area contributed by atoms with Gasteiger partial charge in [-0.25, -0.2) is 4.99 Å². The van der Waals surface area contributed by atoms with E-state index in [-0.39, 0.29) is 42.1 Å². The van der Waals surface area contributed by atoms with Crippen molar-refractivity contribution in [3.63, 3.8) is 0 Å². The van der Waals surface area contributed by atoms with Crippen LogP contribution in [0, 0.1) is 11.8 Å². The zero-order chi connectivity index (χ0) is 26.7. The van der Waals surface area contributed by atoms with Crippen molar-refractivity contribution in [3.8, 4) is 5.75 Å². The van der Waals surface area contributed by atoms with Crippen LogP contribution in [0.2, 0.25) is 10.0 Å². The number of nitrogens with zero attached hydrogens (tertiary/aromatic N) is 3. The minimum atomic E-state index is -0.566. The Labute approximate surface area is 226 Å². The van der Waals surface area contributed by atoms with Crippen LogP contribution in [0.4, 0.5) is 0 Å². The number of aliphatic imine (C=N–C) groups is 1. The number of amides is 2. The summed E-state index contributed by atoms with van der Waals surface area (Å²) in [5.74, 6) is 0.0817. The van der Waals surface area contributed by atoms with Gasteiger partial charge >= 0.3 is 0 Å². The van der Waals surface area contributed by atoms with Crippen LogP contribution in [0.1, 0.15) is 70.2 Å². The number of carbonyl (C=O) groups excluding carboxylic acids is 2. The second-order valence-corrected chi connectivity index (χ2v) is 12.2. The molecular weight excluding hydrogens is 513 g/mol. The zero-order valence-corrected chi connectivity index (χ0v) is 22.8. The standard InChI is InChI=1S/C27H31Cl2N5O3/c1-26(2)12-21(35)34(25(30)33-26)22(14-6-5-7-31-13-14)16-10-17(16)24(36)32-20-11-27(3,4)37-23-18(20)8-15(28)9-19(23)29/h5-9,13,16-17,20,22H,10-12H2,1-4H3,(H2,30,33)(H,32,36)/t16-,17-,20?,22-/m1/s1. The smallest absolute Gasteiger partial charge is 0.232 e. The predicted octanol–water partition coefficient (Wildman–Crippen LogP) is 4.81.